The zero-order valence-corrected chi connectivity index (χ0v) is 16.4. The highest BCUT2D eigenvalue weighted by Crippen LogP contribution is 2.23. The van der Waals surface area contributed by atoms with Gasteiger partial charge in [0, 0.05) is 12.8 Å². The van der Waals surface area contributed by atoms with E-state index >= 15 is 0 Å². The van der Waals surface area contributed by atoms with Crippen LogP contribution in [0.5, 0.6) is 0 Å². The number of nitrogens with zero attached hydrogens (tertiary/aromatic N) is 2. The first-order valence-corrected chi connectivity index (χ1v) is 10.3. The summed E-state index contributed by atoms with van der Waals surface area (Å²) < 4.78 is 3.18. The van der Waals surface area contributed by atoms with Gasteiger partial charge in [0.1, 0.15) is 0 Å². The second-order valence-electron chi connectivity index (χ2n) is 6.31. The Balaban J connectivity index is 1.73. The molecule has 0 aliphatic rings. The predicted molar refractivity (Wildman–Crippen MR) is 108 cm³/mol. The molecule has 0 saturated carbocycles. The van der Waals surface area contributed by atoms with Gasteiger partial charge in [0.25, 0.3) is 5.91 Å². The highest BCUT2D eigenvalue weighted by molar-refractivity contribution is 7.99. The Hall–Kier alpha value is -1.85. The molecule has 1 aromatic heterocycles. The lowest BCUT2D eigenvalue weighted by Gasteiger charge is -2.04. The molecule has 25 heavy (non-hydrogen) atoms. The SMILES string of the molecule is CC(C)c1ccc2c(c1)sc(=NC(=O)CSCc1ccccc1)n2C. The molecule has 5 heteroatoms. The standard InChI is InChI=1S/C20H22N2OS2/c1-14(2)16-9-10-17-18(11-16)25-20(22(17)3)21-19(23)13-24-12-15-7-5-4-6-8-15/h4-11,14H,12-13H2,1-3H3. The number of thiazole rings is 1. The quantitative estimate of drug-likeness (QED) is 0.651. The van der Waals surface area contributed by atoms with Gasteiger partial charge in [0.2, 0.25) is 0 Å². The predicted octanol–water partition coefficient (Wildman–Crippen LogP) is 4.72. The van der Waals surface area contributed by atoms with Gasteiger partial charge < -0.3 is 4.57 Å². The van der Waals surface area contributed by atoms with Crippen LogP contribution >= 0.6 is 23.1 Å². The first-order chi connectivity index (χ1) is 12.0. The number of thioether (sulfide) groups is 1. The maximum atomic E-state index is 12.2. The first kappa shape index (κ1) is 18.0. The van der Waals surface area contributed by atoms with E-state index < -0.39 is 0 Å². The minimum Gasteiger partial charge on any atom is -0.319 e. The van der Waals surface area contributed by atoms with Gasteiger partial charge in [-0.3, -0.25) is 4.79 Å². The van der Waals surface area contributed by atoms with Crippen LogP contribution in [0.1, 0.15) is 30.9 Å². The number of rotatable bonds is 5. The van der Waals surface area contributed by atoms with Gasteiger partial charge in [-0.25, -0.2) is 0 Å². The molecule has 0 saturated heterocycles. The van der Waals surface area contributed by atoms with Crippen LogP contribution in [-0.4, -0.2) is 16.2 Å². The van der Waals surface area contributed by atoms with Crippen molar-refractivity contribution in [3.63, 3.8) is 0 Å². The van der Waals surface area contributed by atoms with Crippen molar-refractivity contribution >= 4 is 39.2 Å². The van der Waals surface area contributed by atoms with Crippen molar-refractivity contribution in [3.8, 4) is 0 Å². The normalized spacial score (nSPS) is 12.2. The molecule has 0 unspecified atom stereocenters. The first-order valence-electron chi connectivity index (χ1n) is 8.33. The average molecular weight is 371 g/mol. The number of aromatic nitrogens is 1. The van der Waals surface area contributed by atoms with Crippen LogP contribution in [0, 0.1) is 0 Å². The summed E-state index contributed by atoms with van der Waals surface area (Å²) in [5.74, 6) is 1.65. The summed E-state index contributed by atoms with van der Waals surface area (Å²) in [4.78, 5) is 17.3. The van der Waals surface area contributed by atoms with Gasteiger partial charge in [0.05, 0.1) is 16.0 Å². The van der Waals surface area contributed by atoms with E-state index in [2.05, 4.69) is 49.2 Å². The van der Waals surface area contributed by atoms with Gasteiger partial charge in [-0.2, -0.15) is 4.99 Å². The van der Waals surface area contributed by atoms with E-state index in [9.17, 15) is 4.79 Å². The zero-order chi connectivity index (χ0) is 17.8. The molecule has 130 valence electrons. The second-order valence-corrected chi connectivity index (χ2v) is 8.30. The number of benzene rings is 2. The monoisotopic (exact) mass is 370 g/mol. The van der Waals surface area contributed by atoms with Crippen LogP contribution < -0.4 is 4.80 Å². The fourth-order valence-electron chi connectivity index (χ4n) is 2.59. The summed E-state index contributed by atoms with van der Waals surface area (Å²) in [5.41, 5.74) is 3.66. The van der Waals surface area contributed by atoms with Gasteiger partial charge >= 0.3 is 0 Å². The summed E-state index contributed by atoms with van der Waals surface area (Å²) in [7, 11) is 1.97. The van der Waals surface area contributed by atoms with Gasteiger partial charge in [-0.15, -0.1) is 11.8 Å². The van der Waals surface area contributed by atoms with Gasteiger partial charge in [-0.05, 0) is 29.2 Å². The molecular weight excluding hydrogens is 348 g/mol. The molecule has 2 aromatic carbocycles. The van der Waals surface area contributed by atoms with E-state index in [4.69, 9.17) is 0 Å². The van der Waals surface area contributed by atoms with Crippen LogP contribution in [0.15, 0.2) is 53.5 Å². The van der Waals surface area contributed by atoms with Crippen molar-refractivity contribution in [2.45, 2.75) is 25.5 Å². The van der Waals surface area contributed by atoms with Gasteiger partial charge in [-0.1, -0.05) is 61.6 Å². The van der Waals surface area contributed by atoms with Crippen LogP contribution in [-0.2, 0) is 17.6 Å². The lowest BCUT2D eigenvalue weighted by Crippen LogP contribution is -2.14. The van der Waals surface area contributed by atoms with Crippen LogP contribution in [0.25, 0.3) is 10.2 Å². The van der Waals surface area contributed by atoms with Crippen molar-refractivity contribution in [2.24, 2.45) is 12.0 Å². The summed E-state index contributed by atoms with van der Waals surface area (Å²) in [6.45, 7) is 4.38. The number of hydrogen-bond acceptors (Lipinski definition) is 3. The summed E-state index contributed by atoms with van der Waals surface area (Å²) in [6, 6.07) is 16.7. The molecule has 1 heterocycles. The molecule has 0 spiro atoms. The third-order valence-electron chi connectivity index (χ3n) is 4.06. The zero-order valence-electron chi connectivity index (χ0n) is 14.7. The molecular formula is C20H22N2OS2. The summed E-state index contributed by atoms with van der Waals surface area (Å²) in [6.07, 6.45) is 0. The van der Waals surface area contributed by atoms with E-state index in [1.54, 1.807) is 23.1 Å². The molecule has 0 radical (unpaired) electrons. The number of carbonyl (C=O) groups excluding carboxylic acids is 1. The third kappa shape index (κ3) is 4.41. The van der Waals surface area contributed by atoms with E-state index in [0.717, 1.165) is 16.1 Å². The Labute approximate surface area is 156 Å². The molecule has 3 nitrogen and oxygen atoms in total. The third-order valence-corrected chi connectivity index (χ3v) is 6.14. The lowest BCUT2D eigenvalue weighted by atomic mass is 10.0. The molecule has 0 N–H and O–H groups in total. The Morgan fingerprint density at radius 1 is 1.20 bits per heavy atom. The molecule has 3 rings (SSSR count). The van der Waals surface area contributed by atoms with Crippen molar-refractivity contribution in [3.05, 3.63) is 64.5 Å². The number of amides is 1. The van der Waals surface area contributed by atoms with Crippen molar-refractivity contribution in [1.29, 1.82) is 0 Å². The van der Waals surface area contributed by atoms with Crippen LogP contribution in [0.3, 0.4) is 0 Å². The average Bonchev–Trinajstić information content (AvgIpc) is 2.91. The van der Waals surface area contributed by atoms with E-state index in [0.29, 0.717) is 11.7 Å². The minimum atomic E-state index is -0.0767. The molecule has 0 atom stereocenters. The van der Waals surface area contributed by atoms with E-state index in [-0.39, 0.29) is 5.91 Å². The maximum absolute atomic E-state index is 12.2. The van der Waals surface area contributed by atoms with Crippen LogP contribution in [0.2, 0.25) is 0 Å². The molecule has 0 fully saturated rings. The molecule has 3 aromatic rings. The summed E-state index contributed by atoms with van der Waals surface area (Å²) >= 11 is 3.18. The highest BCUT2D eigenvalue weighted by atomic mass is 32.2. The van der Waals surface area contributed by atoms with Crippen molar-refractivity contribution in [2.75, 3.05) is 5.75 Å². The Bertz CT molecular complexity index is 939. The van der Waals surface area contributed by atoms with E-state index in [1.807, 2.05) is 29.8 Å². The number of carbonyl (C=O) groups is 1. The largest absolute Gasteiger partial charge is 0.319 e. The lowest BCUT2D eigenvalue weighted by molar-refractivity contribution is -0.115. The number of fused-ring (bicyclic) bond motifs is 1. The summed E-state index contributed by atoms with van der Waals surface area (Å²) in [5, 5.41) is 0. The Kier molecular flexibility index (Phi) is 5.76. The molecule has 1 amide bonds. The van der Waals surface area contributed by atoms with Crippen molar-refractivity contribution in [1.82, 2.24) is 4.57 Å². The molecule has 0 aliphatic carbocycles. The fourth-order valence-corrected chi connectivity index (χ4v) is 4.44. The molecule has 0 bridgehead atoms. The van der Waals surface area contributed by atoms with Gasteiger partial charge in [0.15, 0.2) is 4.80 Å². The number of aryl methyl sites for hydroxylation is 1. The minimum absolute atomic E-state index is 0.0767. The maximum Gasteiger partial charge on any atom is 0.258 e. The molecule has 0 aliphatic heterocycles. The Morgan fingerprint density at radius 2 is 1.96 bits per heavy atom. The fraction of sp³-hybridized carbons (Fsp3) is 0.300. The second kappa shape index (κ2) is 8.02. The Morgan fingerprint density at radius 3 is 2.68 bits per heavy atom. The van der Waals surface area contributed by atoms with E-state index in [1.165, 1.54) is 15.8 Å². The van der Waals surface area contributed by atoms with Crippen molar-refractivity contribution < 1.29 is 4.79 Å². The highest BCUT2D eigenvalue weighted by Gasteiger charge is 2.08. The topological polar surface area (TPSA) is 34.4 Å². The van der Waals surface area contributed by atoms with Crippen LogP contribution in [0.4, 0.5) is 0 Å². The number of hydrogen-bond donors (Lipinski definition) is 0. The smallest absolute Gasteiger partial charge is 0.258 e.